The number of aryl methyl sites for hydroxylation is 3. The number of ether oxygens (including phenoxy) is 1. The van der Waals surface area contributed by atoms with Crippen molar-refractivity contribution in [1.29, 1.82) is 0 Å². The lowest BCUT2D eigenvalue weighted by Crippen LogP contribution is -2.17. The Kier molecular flexibility index (Phi) is 4.76. The van der Waals surface area contributed by atoms with Gasteiger partial charge in [0, 0.05) is 29.3 Å². The van der Waals surface area contributed by atoms with E-state index in [1.165, 1.54) is 10.5 Å². The van der Waals surface area contributed by atoms with Gasteiger partial charge in [0.25, 0.3) is 5.56 Å². The quantitative estimate of drug-likeness (QED) is 0.500. The Morgan fingerprint density at radius 1 is 0.966 bits per heavy atom. The van der Waals surface area contributed by atoms with Gasteiger partial charge < -0.3 is 9.30 Å². The van der Waals surface area contributed by atoms with Crippen molar-refractivity contribution < 1.29 is 9.53 Å². The molecular formula is C23H21N3O3. The van der Waals surface area contributed by atoms with E-state index in [0.29, 0.717) is 16.9 Å². The normalized spacial score (nSPS) is 11.0. The third-order valence-electron chi connectivity index (χ3n) is 4.84. The monoisotopic (exact) mass is 387 g/mol. The largest absolute Gasteiger partial charge is 0.456 e. The Balaban J connectivity index is 1.49. The van der Waals surface area contributed by atoms with Crippen molar-refractivity contribution in [2.45, 2.75) is 27.4 Å². The topological polar surface area (TPSA) is 65.6 Å². The van der Waals surface area contributed by atoms with Crippen LogP contribution in [0.4, 0.5) is 0 Å². The zero-order valence-electron chi connectivity index (χ0n) is 16.5. The summed E-state index contributed by atoms with van der Waals surface area (Å²) >= 11 is 0. The molecule has 4 rings (SSSR count). The van der Waals surface area contributed by atoms with Crippen molar-refractivity contribution in [3.05, 3.63) is 99.4 Å². The van der Waals surface area contributed by atoms with Crippen molar-refractivity contribution >= 4 is 11.6 Å². The highest BCUT2D eigenvalue weighted by molar-refractivity contribution is 5.89. The molecule has 1 aromatic carbocycles. The van der Waals surface area contributed by atoms with E-state index in [2.05, 4.69) is 21.7 Å². The molecule has 0 spiro atoms. The molecule has 6 heteroatoms. The molecule has 0 aliphatic heterocycles. The highest BCUT2D eigenvalue weighted by Gasteiger charge is 2.11. The molecule has 0 saturated carbocycles. The summed E-state index contributed by atoms with van der Waals surface area (Å²) < 4.78 is 8.95. The summed E-state index contributed by atoms with van der Waals surface area (Å²) in [6.45, 7) is 5.92. The van der Waals surface area contributed by atoms with Crippen LogP contribution in [-0.4, -0.2) is 19.9 Å². The molecule has 0 aliphatic rings. The standard InChI is InChI=1S/C23H21N3O3/c1-15-4-11-21-24-19(12-22(27)25(21)13-15)14-29-23(28)18-7-9-20(10-8-18)26-16(2)5-6-17(26)3/h4-13H,14H2,1-3H3. The van der Waals surface area contributed by atoms with Gasteiger partial charge in [-0.05, 0) is 68.8 Å². The molecule has 0 amide bonds. The molecule has 0 unspecified atom stereocenters. The molecular weight excluding hydrogens is 366 g/mol. The van der Waals surface area contributed by atoms with Crippen molar-refractivity contribution in [2.24, 2.45) is 0 Å². The zero-order chi connectivity index (χ0) is 20.5. The Labute approximate surface area is 168 Å². The molecule has 0 radical (unpaired) electrons. The second-order valence-corrected chi connectivity index (χ2v) is 7.09. The first-order valence-corrected chi connectivity index (χ1v) is 9.34. The predicted molar refractivity (Wildman–Crippen MR) is 111 cm³/mol. The van der Waals surface area contributed by atoms with Crippen molar-refractivity contribution in [1.82, 2.24) is 14.0 Å². The molecule has 4 aromatic rings. The van der Waals surface area contributed by atoms with Gasteiger partial charge in [-0.25, -0.2) is 9.78 Å². The average Bonchev–Trinajstić information content (AvgIpc) is 3.05. The Morgan fingerprint density at radius 3 is 2.34 bits per heavy atom. The molecule has 0 saturated heterocycles. The first kappa shape index (κ1) is 18.7. The van der Waals surface area contributed by atoms with Crippen LogP contribution < -0.4 is 5.56 Å². The van der Waals surface area contributed by atoms with Crippen LogP contribution in [0.2, 0.25) is 0 Å². The highest BCUT2D eigenvalue weighted by atomic mass is 16.5. The van der Waals surface area contributed by atoms with E-state index < -0.39 is 5.97 Å². The van der Waals surface area contributed by atoms with Gasteiger partial charge in [-0.3, -0.25) is 9.20 Å². The molecule has 3 aromatic heterocycles. The van der Waals surface area contributed by atoms with Crippen LogP contribution in [0.25, 0.3) is 11.3 Å². The number of carbonyl (C=O) groups excluding carboxylic acids is 1. The van der Waals surface area contributed by atoms with E-state index in [0.717, 1.165) is 22.6 Å². The SMILES string of the molecule is Cc1ccc2nc(COC(=O)c3ccc(-n4c(C)ccc4C)cc3)cc(=O)n2c1. The number of esters is 1. The van der Waals surface area contributed by atoms with Crippen LogP contribution in [0.15, 0.2) is 65.6 Å². The number of carbonyl (C=O) groups is 1. The molecule has 29 heavy (non-hydrogen) atoms. The van der Waals surface area contributed by atoms with Crippen molar-refractivity contribution in [3.8, 4) is 5.69 Å². The summed E-state index contributed by atoms with van der Waals surface area (Å²) in [6.07, 6.45) is 1.73. The van der Waals surface area contributed by atoms with E-state index in [9.17, 15) is 9.59 Å². The highest BCUT2D eigenvalue weighted by Crippen LogP contribution is 2.17. The van der Waals surface area contributed by atoms with Gasteiger partial charge >= 0.3 is 5.97 Å². The first-order valence-electron chi connectivity index (χ1n) is 9.34. The van der Waals surface area contributed by atoms with E-state index in [-0.39, 0.29) is 12.2 Å². The summed E-state index contributed by atoms with van der Waals surface area (Å²) in [5.41, 5.74) is 5.40. The van der Waals surface area contributed by atoms with E-state index in [1.54, 1.807) is 24.4 Å². The minimum Gasteiger partial charge on any atom is -0.456 e. The smallest absolute Gasteiger partial charge is 0.338 e. The fourth-order valence-corrected chi connectivity index (χ4v) is 3.38. The number of fused-ring (bicyclic) bond motifs is 1. The molecule has 3 heterocycles. The van der Waals surface area contributed by atoms with Crippen molar-refractivity contribution in [2.75, 3.05) is 0 Å². The minimum atomic E-state index is -0.455. The van der Waals surface area contributed by atoms with Crippen molar-refractivity contribution in [3.63, 3.8) is 0 Å². The third-order valence-corrected chi connectivity index (χ3v) is 4.84. The molecule has 6 nitrogen and oxygen atoms in total. The predicted octanol–water partition coefficient (Wildman–Crippen LogP) is 3.77. The lowest BCUT2D eigenvalue weighted by Gasteiger charge is -2.10. The first-order chi connectivity index (χ1) is 13.9. The Hall–Kier alpha value is -3.67. The number of hydrogen-bond acceptors (Lipinski definition) is 4. The summed E-state index contributed by atoms with van der Waals surface area (Å²) in [5, 5.41) is 0. The maximum absolute atomic E-state index is 12.4. The van der Waals surface area contributed by atoms with E-state index >= 15 is 0 Å². The van der Waals surface area contributed by atoms with Gasteiger partial charge in [0.1, 0.15) is 12.3 Å². The number of pyridine rings is 1. The number of rotatable bonds is 4. The number of hydrogen-bond donors (Lipinski definition) is 0. The average molecular weight is 387 g/mol. The molecule has 0 atom stereocenters. The summed E-state index contributed by atoms with van der Waals surface area (Å²) in [5.74, 6) is -0.455. The third kappa shape index (κ3) is 3.69. The number of aromatic nitrogens is 3. The van der Waals surface area contributed by atoms with Gasteiger partial charge in [0.05, 0.1) is 11.3 Å². The van der Waals surface area contributed by atoms with Crippen LogP contribution >= 0.6 is 0 Å². The van der Waals surface area contributed by atoms with Crippen LogP contribution in [0.1, 0.15) is 33.0 Å². The summed E-state index contributed by atoms with van der Waals surface area (Å²) in [6, 6.07) is 16.4. The number of nitrogens with zero attached hydrogens (tertiary/aromatic N) is 3. The van der Waals surface area contributed by atoms with Crippen LogP contribution in [0.5, 0.6) is 0 Å². The fraction of sp³-hybridized carbons (Fsp3) is 0.174. The summed E-state index contributed by atoms with van der Waals surface area (Å²) in [7, 11) is 0. The maximum Gasteiger partial charge on any atom is 0.338 e. The van der Waals surface area contributed by atoms with Crippen LogP contribution in [0, 0.1) is 20.8 Å². The summed E-state index contributed by atoms with van der Waals surface area (Å²) in [4.78, 5) is 29.0. The molecule has 0 fully saturated rings. The van der Waals surface area contributed by atoms with Gasteiger partial charge in [0.15, 0.2) is 0 Å². The van der Waals surface area contributed by atoms with E-state index in [4.69, 9.17) is 4.74 Å². The lowest BCUT2D eigenvalue weighted by atomic mass is 10.2. The van der Waals surface area contributed by atoms with Crippen LogP contribution in [0.3, 0.4) is 0 Å². The second kappa shape index (κ2) is 7.39. The minimum absolute atomic E-state index is 0.0595. The molecule has 0 bridgehead atoms. The molecule has 0 N–H and O–H groups in total. The van der Waals surface area contributed by atoms with Gasteiger partial charge in [0.2, 0.25) is 0 Å². The van der Waals surface area contributed by atoms with E-state index in [1.807, 2.05) is 39.0 Å². The molecule has 146 valence electrons. The fourth-order valence-electron chi connectivity index (χ4n) is 3.38. The maximum atomic E-state index is 12.4. The van der Waals surface area contributed by atoms with Gasteiger partial charge in [-0.2, -0.15) is 0 Å². The Morgan fingerprint density at radius 2 is 1.66 bits per heavy atom. The molecule has 0 aliphatic carbocycles. The van der Waals surface area contributed by atoms with Crippen LogP contribution in [-0.2, 0) is 11.3 Å². The van der Waals surface area contributed by atoms with Gasteiger partial charge in [-0.1, -0.05) is 6.07 Å². The van der Waals surface area contributed by atoms with Gasteiger partial charge in [-0.15, -0.1) is 0 Å². The number of benzene rings is 1. The Bertz CT molecular complexity index is 1250. The zero-order valence-corrected chi connectivity index (χ0v) is 16.5. The second-order valence-electron chi connectivity index (χ2n) is 7.09. The lowest BCUT2D eigenvalue weighted by molar-refractivity contribution is 0.0467.